The molecule has 0 heterocycles. The van der Waals surface area contributed by atoms with Crippen LogP contribution in [0.2, 0.25) is 0 Å². The summed E-state index contributed by atoms with van der Waals surface area (Å²) in [6.07, 6.45) is 0. The third-order valence-corrected chi connectivity index (χ3v) is 7.10. The molecule has 8 aromatic carbocycles. The molecule has 0 amide bonds. The van der Waals surface area contributed by atoms with Gasteiger partial charge in [-0.2, -0.15) is 0 Å². The molecule has 0 aliphatic rings. The Morgan fingerprint density at radius 3 is 1.50 bits per heavy atom. The summed E-state index contributed by atoms with van der Waals surface area (Å²) in [6, 6.07) is 36.3. The molecule has 0 atom stereocenters. The first-order chi connectivity index (χ1) is 14.9. The third kappa shape index (κ3) is 1.62. The van der Waals surface area contributed by atoms with Gasteiger partial charge in [-0.05, 0) is 87.5 Å². The summed E-state index contributed by atoms with van der Waals surface area (Å²) in [7, 11) is 0. The standard InChI is InChI=1S/C30H16/c1-2-6-20-16-26-24-14-13-18-12-11-17-7-3-8-21-22-9-4-10-23(25(26)15-19(20)5-1)29(22)30(24)28(18)27(17)21/h1-16H. The van der Waals surface area contributed by atoms with Gasteiger partial charge in [0.25, 0.3) is 0 Å². The lowest BCUT2D eigenvalue weighted by molar-refractivity contribution is 1.79. The molecule has 0 saturated heterocycles. The van der Waals surface area contributed by atoms with E-state index in [0.717, 1.165) is 0 Å². The summed E-state index contributed by atoms with van der Waals surface area (Å²) in [4.78, 5) is 0. The van der Waals surface area contributed by atoms with E-state index in [4.69, 9.17) is 0 Å². The van der Waals surface area contributed by atoms with E-state index >= 15 is 0 Å². The zero-order valence-corrected chi connectivity index (χ0v) is 16.2. The van der Waals surface area contributed by atoms with Crippen molar-refractivity contribution in [3.63, 3.8) is 0 Å². The fraction of sp³-hybridized carbons (Fsp3) is 0. The fourth-order valence-electron chi connectivity index (χ4n) is 5.86. The SMILES string of the molecule is c1ccc2cc3c(cc2c1)c1cccc2c4cccc5ccc6ccc3c(c12)c6c54. The van der Waals surface area contributed by atoms with Crippen molar-refractivity contribution in [1.29, 1.82) is 0 Å². The lowest BCUT2D eigenvalue weighted by Crippen LogP contribution is -1.91. The second-order valence-electron chi connectivity index (χ2n) is 8.53. The maximum atomic E-state index is 2.39. The van der Waals surface area contributed by atoms with E-state index in [1.54, 1.807) is 0 Å². The molecule has 0 saturated carbocycles. The molecule has 136 valence electrons. The Morgan fingerprint density at radius 1 is 0.267 bits per heavy atom. The molecule has 0 nitrogen and oxygen atoms in total. The highest BCUT2D eigenvalue weighted by Gasteiger charge is 2.19. The van der Waals surface area contributed by atoms with Gasteiger partial charge < -0.3 is 0 Å². The summed E-state index contributed by atoms with van der Waals surface area (Å²) in [6.45, 7) is 0. The average Bonchev–Trinajstić information content (AvgIpc) is 2.81. The number of rotatable bonds is 0. The van der Waals surface area contributed by atoms with E-state index in [9.17, 15) is 0 Å². The molecule has 0 aliphatic heterocycles. The Balaban J connectivity index is 1.84. The van der Waals surface area contributed by atoms with Gasteiger partial charge >= 0.3 is 0 Å². The van der Waals surface area contributed by atoms with Crippen LogP contribution >= 0.6 is 0 Å². The van der Waals surface area contributed by atoms with E-state index < -0.39 is 0 Å². The summed E-state index contributed by atoms with van der Waals surface area (Å²) < 4.78 is 0. The zero-order chi connectivity index (χ0) is 19.4. The molecular weight excluding hydrogens is 360 g/mol. The summed E-state index contributed by atoms with van der Waals surface area (Å²) in [5.41, 5.74) is 0. The first-order valence-electron chi connectivity index (χ1n) is 10.5. The third-order valence-electron chi connectivity index (χ3n) is 7.10. The van der Waals surface area contributed by atoms with Gasteiger partial charge in [0.2, 0.25) is 0 Å². The van der Waals surface area contributed by atoms with Crippen molar-refractivity contribution in [2.75, 3.05) is 0 Å². The van der Waals surface area contributed by atoms with Gasteiger partial charge in [0.1, 0.15) is 0 Å². The lowest BCUT2D eigenvalue weighted by atomic mass is 9.83. The highest BCUT2D eigenvalue weighted by atomic mass is 14.2. The Hall–Kier alpha value is -3.90. The van der Waals surface area contributed by atoms with E-state index in [1.165, 1.54) is 75.4 Å². The van der Waals surface area contributed by atoms with Crippen molar-refractivity contribution in [3.8, 4) is 0 Å². The van der Waals surface area contributed by atoms with E-state index in [2.05, 4.69) is 97.1 Å². The van der Waals surface area contributed by atoms with Gasteiger partial charge in [-0.1, -0.05) is 84.9 Å². The van der Waals surface area contributed by atoms with Crippen LogP contribution in [0, 0.1) is 0 Å². The van der Waals surface area contributed by atoms with Gasteiger partial charge in [0, 0.05) is 0 Å². The highest BCUT2D eigenvalue weighted by molar-refractivity contribution is 6.44. The molecule has 0 heteroatoms. The average molecular weight is 376 g/mol. The van der Waals surface area contributed by atoms with Crippen molar-refractivity contribution in [2.45, 2.75) is 0 Å². The topological polar surface area (TPSA) is 0 Å². The Labute approximate surface area is 172 Å². The van der Waals surface area contributed by atoms with Crippen LogP contribution < -0.4 is 0 Å². The van der Waals surface area contributed by atoms with Crippen LogP contribution in [0.15, 0.2) is 97.1 Å². The molecule has 0 radical (unpaired) electrons. The smallest absolute Gasteiger partial charge is 0.000763 e. The van der Waals surface area contributed by atoms with Crippen LogP contribution in [-0.4, -0.2) is 0 Å². The van der Waals surface area contributed by atoms with Gasteiger partial charge in [0.05, 0.1) is 0 Å². The molecule has 0 aliphatic carbocycles. The van der Waals surface area contributed by atoms with Crippen molar-refractivity contribution >= 4 is 75.4 Å². The minimum Gasteiger partial charge on any atom is -0.0616 e. The van der Waals surface area contributed by atoms with Crippen molar-refractivity contribution in [3.05, 3.63) is 97.1 Å². The van der Waals surface area contributed by atoms with Gasteiger partial charge in [0.15, 0.2) is 0 Å². The lowest BCUT2D eigenvalue weighted by Gasteiger charge is -2.20. The maximum absolute atomic E-state index is 2.39. The fourth-order valence-corrected chi connectivity index (χ4v) is 5.86. The molecule has 0 N–H and O–H groups in total. The van der Waals surface area contributed by atoms with Crippen LogP contribution in [0.4, 0.5) is 0 Å². The monoisotopic (exact) mass is 376 g/mol. The van der Waals surface area contributed by atoms with Crippen LogP contribution in [0.25, 0.3) is 75.4 Å². The molecule has 0 aromatic heterocycles. The maximum Gasteiger partial charge on any atom is -0.000763 e. The van der Waals surface area contributed by atoms with Crippen LogP contribution in [0.3, 0.4) is 0 Å². The minimum absolute atomic E-state index is 1.30. The second kappa shape index (κ2) is 4.98. The number of hydrogen-bond acceptors (Lipinski definition) is 0. The van der Waals surface area contributed by atoms with E-state index in [1.807, 2.05) is 0 Å². The molecule has 0 fully saturated rings. The molecular formula is C30H16. The molecule has 0 spiro atoms. The molecule has 30 heavy (non-hydrogen) atoms. The van der Waals surface area contributed by atoms with Crippen molar-refractivity contribution in [1.82, 2.24) is 0 Å². The predicted octanol–water partition coefficient (Wildman–Crippen LogP) is 8.63. The van der Waals surface area contributed by atoms with Crippen molar-refractivity contribution < 1.29 is 0 Å². The quantitative estimate of drug-likeness (QED) is 0.183. The summed E-state index contributed by atoms with van der Waals surface area (Å²) in [5, 5.41) is 19.1. The Bertz CT molecular complexity index is 1940. The van der Waals surface area contributed by atoms with E-state index in [0.29, 0.717) is 0 Å². The van der Waals surface area contributed by atoms with E-state index in [-0.39, 0.29) is 0 Å². The van der Waals surface area contributed by atoms with Gasteiger partial charge in [-0.25, -0.2) is 0 Å². The van der Waals surface area contributed by atoms with Crippen LogP contribution in [0.1, 0.15) is 0 Å². The molecule has 0 bridgehead atoms. The molecule has 8 rings (SSSR count). The Kier molecular flexibility index (Phi) is 2.49. The van der Waals surface area contributed by atoms with Crippen molar-refractivity contribution in [2.24, 2.45) is 0 Å². The second-order valence-corrected chi connectivity index (χ2v) is 8.53. The predicted molar refractivity (Wildman–Crippen MR) is 131 cm³/mol. The summed E-state index contributed by atoms with van der Waals surface area (Å²) >= 11 is 0. The molecule has 8 aromatic rings. The first kappa shape index (κ1) is 15.0. The number of fused-ring (bicyclic) bond motifs is 5. The van der Waals surface area contributed by atoms with Crippen LogP contribution in [-0.2, 0) is 0 Å². The number of hydrogen-bond donors (Lipinski definition) is 0. The normalized spacial score (nSPS) is 12.7. The Morgan fingerprint density at radius 2 is 0.767 bits per heavy atom. The van der Waals surface area contributed by atoms with Gasteiger partial charge in [-0.3, -0.25) is 0 Å². The number of benzene rings is 8. The minimum atomic E-state index is 1.30. The first-order valence-corrected chi connectivity index (χ1v) is 10.5. The highest BCUT2D eigenvalue weighted by Crippen LogP contribution is 2.48. The summed E-state index contributed by atoms with van der Waals surface area (Å²) in [5.74, 6) is 0. The zero-order valence-electron chi connectivity index (χ0n) is 16.2. The van der Waals surface area contributed by atoms with Gasteiger partial charge in [-0.15, -0.1) is 0 Å². The molecule has 0 unspecified atom stereocenters. The largest absolute Gasteiger partial charge is 0.0616 e. The van der Waals surface area contributed by atoms with Crippen LogP contribution in [0.5, 0.6) is 0 Å².